The van der Waals surface area contributed by atoms with E-state index in [1.54, 1.807) is 0 Å². The van der Waals surface area contributed by atoms with E-state index in [0.717, 1.165) is 36.0 Å². The lowest BCUT2D eigenvalue weighted by Crippen LogP contribution is -2.56. The smallest absolute Gasteiger partial charge is 0.334 e. The molecular formula is C19H24O5. The molecule has 24 heavy (non-hydrogen) atoms. The molecule has 0 spiro atoms. The molecule has 4 rings (SSSR count). The Balaban J connectivity index is 1.84. The van der Waals surface area contributed by atoms with Gasteiger partial charge in [-0.1, -0.05) is 6.92 Å². The number of aliphatic hydroxyl groups is 2. The van der Waals surface area contributed by atoms with Crippen molar-refractivity contribution in [1.29, 1.82) is 0 Å². The summed E-state index contributed by atoms with van der Waals surface area (Å²) in [5.74, 6) is -0.228. The zero-order valence-corrected chi connectivity index (χ0v) is 14.2. The van der Waals surface area contributed by atoms with Crippen LogP contribution >= 0.6 is 0 Å². The molecule has 3 aliphatic carbocycles. The van der Waals surface area contributed by atoms with Gasteiger partial charge in [0.15, 0.2) is 11.5 Å². The van der Waals surface area contributed by atoms with Gasteiger partial charge in [0.1, 0.15) is 6.61 Å². The number of hydrogen-bond donors (Lipinski definition) is 2. The molecule has 130 valence electrons. The first-order valence-corrected chi connectivity index (χ1v) is 8.78. The predicted molar refractivity (Wildman–Crippen MR) is 86.0 cm³/mol. The molecule has 1 heterocycles. The zero-order valence-electron chi connectivity index (χ0n) is 14.2. The van der Waals surface area contributed by atoms with Crippen LogP contribution in [0.3, 0.4) is 0 Å². The van der Waals surface area contributed by atoms with Crippen LogP contribution < -0.4 is 0 Å². The molecule has 0 aromatic carbocycles. The Morgan fingerprint density at radius 2 is 2.04 bits per heavy atom. The van der Waals surface area contributed by atoms with E-state index in [4.69, 9.17) is 4.74 Å². The van der Waals surface area contributed by atoms with Crippen molar-refractivity contribution in [2.45, 2.75) is 46.0 Å². The number of Topliss-reactive ketones (excluding diaryl/α,β-unsaturated/α-hetero) is 1. The standard InChI is InChI=1S/C19H24O5/c1-10-12-5-6-19(9-20)13-8-24-17(23)11(13)3-4-15(19)18(12,2)7-14(21)16(10)22/h12,15,20,22H,3-9H2,1-2H3/t12-,15+,18-,19+/m0/s1. The Kier molecular flexibility index (Phi) is 3.27. The average Bonchev–Trinajstić information content (AvgIpc) is 2.94. The molecular weight excluding hydrogens is 308 g/mol. The Bertz CT molecular complexity index is 703. The van der Waals surface area contributed by atoms with Crippen LogP contribution in [0.2, 0.25) is 0 Å². The number of rotatable bonds is 1. The van der Waals surface area contributed by atoms with Crippen LogP contribution in [0.25, 0.3) is 0 Å². The number of esters is 1. The van der Waals surface area contributed by atoms with Crippen LogP contribution in [0.15, 0.2) is 22.5 Å². The van der Waals surface area contributed by atoms with E-state index in [-0.39, 0.29) is 48.0 Å². The fraction of sp³-hybridized carbons (Fsp3) is 0.684. The number of aliphatic hydroxyl groups excluding tert-OH is 2. The summed E-state index contributed by atoms with van der Waals surface area (Å²) in [6.45, 7) is 4.25. The molecule has 4 atom stereocenters. The van der Waals surface area contributed by atoms with Crippen LogP contribution in [0.5, 0.6) is 0 Å². The lowest BCUT2D eigenvalue weighted by Gasteiger charge is -2.60. The van der Waals surface area contributed by atoms with Crippen LogP contribution in [0.4, 0.5) is 0 Å². The summed E-state index contributed by atoms with van der Waals surface area (Å²) in [6, 6.07) is 0. The van der Waals surface area contributed by atoms with Crippen molar-refractivity contribution < 1.29 is 24.5 Å². The molecule has 2 N–H and O–H groups in total. The molecule has 4 aliphatic rings. The second-order valence-corrected chi connectivity index (χ2v) is 8.17. The Morgan fingerprint density at radius 3 is 2.75 bits per heavy atom. The minimum absolute atomic E-state index is 0.0155. The van der Waals surface area contributed by atoms with Gasteiger partial charge in [0, 0.05) is 17.4 Å². The highest BCUT2D eigenvalue weighted by molar-refractivity contribution is 5.95. The number of carbonyl (C=O) groups excluding carboxylic acids is 2. The van der Waals surface area contributed by atoms with Gasteiger partial charge >= 0.3 is 5.97 Å². The Labute approximate surface area is 141 Å². The molecule has 0 amide bonds. The molecule has 0 unspecified atom stereocenters. The predicted octanol–water partition coefficient (Wildman–Crippen LogP) is 2.45. The fourth-order valence-corrected chi connectivity index (χ4v) is 6.22. The lowest BCUT2D eigenvalue weighted by molar-refractivity contribution is -0.136. The quantitative estimate of drug-likeness (QED) is 0.721. The van der Waals surface area contributed by atoms with Crippen LogP contribution in [0, 0.1) is 22.7 Å². The third-order valence-corrected chi connectivity index (χ3v) is 7.36. The summed E-state index contributed by atoms with van der Waals surface area (Å²) in [7, 11) is 0. The number of ether oxygens (including phenoxy) is 1. The maximum Gasteiger partial charge on any atom is 0.334 e. The van der Waals surface area contributed by atoms with Crippen molar-refractivity contribution in [3.8, 4) is 0 Å². The summed E-state index contributed by atoms with van der Waals surface area (Å²) in [5, 5.41) is 20.5. The van der Waals surface area contributed by atoms with Gasteiger partial charge in [0.2, 0.25) is 0 Å². The second-order valence-electron chi connectivity index (χ2n) is 8.17. The van der Waals surface area contributed by atoms with E-state index < -0.39 is 5.41 Å². The molecule has 5 heteroatoms. The maximum absolute atomic E-state index is 12.4. The number of carbonyl (C=O) groups is 2. The normalized spacial score (nSPS) is 41.8. The summed E-state index contributed by atoms with van der Waals surface area (Å²) >= 11 is 0. The van der Waals surface area contributed by atoms with Crippen molar-refractivity contribution in [2.24, 2.45) is 22.7 Å². The summed E-state index contributed by atoms with van der Waals surface area (Å²) in [4.78, 5) is 24.3. The number of ketones is 1. The lowest BCUT2D eigenvalue weighted by atomic mass is 9.43. The van der Waals surface area contributed by atoms with E-state index in [0.29, 0.717) is 12.8 Å². The minimum atomic E-state index is -0.460. The minimum Gasteiger partial charge on any atom is -0.504 e. The van der Waals surface area contributed by atoms with Gasteiger partial charge in [0.25, 0.3) is 0 Å². The van der Waals surface area contributed by atoms with E-state index in [9.17, 15) is 19.8 Å². The van der Waals surface area contributed by atoms with E-state index in [1.807, 2.05) is 6.92 Å². The molecule has 1 fully saturated rings. The first-order chi connectivity index (χ1) is 11.3. The van der Waals surface area contributed by atoms with Gasteiger partial charge in [-0.25, -0.2) is 4.79 Å². The SMILES string of the molecule is CC1=C(O)C(=O)C[C@@]2(C)[C@H]1CC[C@@]1(CO)C3=C(CC[C@@H]12)C(=O)OC3. The molecule has 0 aromatic rings. The average molecular weight is 332 g/mol. The second kappa shape index (κ2) is 4.94. The highest BCUT2D eigenvalue weighted by Crippen LogP contribution is 2.65. The highest BCUT2D eigenvalue weighted by atomic mass is 16.5. The summed E-state index contributed by atoms with van der Waals surface area (Å²) < 4.78 is 5.26. The van der Waals surface area contributed by atoms with Crippen molar-refractivity contribution in [3.05, 3.63) is 22.5 Å². The first kappa shape index (κ1) is 15.9. The monoisotopic (exact) mass is 332 g/mol. The van der Waals surface area contributed by atoms with Crippen LogP contribution in [0.1, 0.15) is 46.0 Å². The highest BCUT2D eigenvalue weighted by Gasteiger charge is 2.61. The van der Waals surface area contributed by atoms with E-state index >= 15 is 0 Å². The number of cyclic esters (lactones) is 1. The van der Waals surface area contributed by atoms with Crippen molar-refractivity contribution in [3.63, 3.8) is 0 Å². The Hall–Kier alpha value is -1.62. The first-order valence-electron chi connectivity index (χ1n) is 8.78. The van der Waals surface area contributed by atoms with E-state index in [1.165, 1.54) is 0 Å². The van der Waals surface area contributed by atoms with Gasteiger partial charge in [-0.15, -0.1) is 0 Å². The van der Waals surface area contributed by atoms with Crippen molar-refractivity contribution in [1.82, 2.24) is 0 Å². The van der Waals surface area contributed by atoms with Gasteiger partial charge in [-0.3, -0.25) is 4.79 Å². The molecule has 0 aromatic heterocycles. The maximum atomic E-state index is 12.4. The van der Waals surface area contributed by atoms with Crippen LogP contribution in [-0.4, -0.2) is 35.2 Å². The number of allylic oxidation sites excluding steroid dienone is 2. The molecule has 0 radical (unpaired) electrons. The molecule has 0 bridgehead atoms. The van der Waals surface area contributed by atoms with Crippen LogP contribution in [-0.2, 0) is 14.3 Å². The molecule has 0 saturated heterocycles. The third kappa shape index (κ3) is 1.74. The molecule has 1 saturated carbocycles. The molecule has 5 nitrogen and oxygen atoms in total. The topological polar surface area (TPSA) is 83.8 Å². The van der Waals surface area contributed by atoms with Gasteiger partial charge < -0.3 is 14.9 Å². The third-order valence-electron chi connectivity index (χ3n) is 7.36. The van der Waals surface area contributed by atoms with Gasteiger partial charge in [-0.2, -0.15) is 0 Å². The number of fused-ring (bicyclic) bond motifs is 4. The zero-order chi connectivity index (χ0) is 17.3. The van der Waals surface area contributed by atoms with Gasteiger partial charge in [-0.05, 0) is 61.0 Å². The largest absolute Gasteiger partial charge is 0.504 e. The number of hydrogen-bond acceptors (Lipinski definition) is 5. The van der Waals surface area contributed by atoms with E-state index in [2.05, 4.69) is 6.92 Å². The fourth-order valence-electron chi connectivity index (χ4n) is 6.22. The van der Waals surface area contributed by atoms with Crippen molar-refractivity contribution in [2.75, 3.05) is 13.2 Å². The van der Waals surface area contributed by atoms with Gasteiger partial charge in [0.05, 0.1) is 6.61 Å². The Morgan fingerprint density at radius 1 is 1.29 bits per heavy atom. The molecule has 1 aliphatic heterocycles. The summed E-state index contributed by atoms with van der Waals surface area (Å²) in [5.41, 5.74) is 1.75. The summed E-state index contributed by atoms with van der Waals surface area (Å²) in [6.07, 6.45) is 3.32. The van der Waals surface area contributed by atoms with Crippen molar-refractivity contribution >= 4 is 11.8 Å².